The minimum absolute atomic E-state index is 0.00702. The summed E-state index contributed by atoms with van der Waals surface area (Å²) in [6.45, 7) is 4.56. The molecule has 0 spiro atoms. The molecule has 1 rings (SSSR count). The van der Waals surface area contributed by atoms with E-state index in [0.717, 1.165) is 18.4 Å². The van der Waals surface area contributed by atoms with E-state index >= 15 is 0 Å². The van der Waals surface area contributed by atoms with Crippen molar-refractivity contribution in [2.75, 3.05) is 18.0 Å². The molecule has 0 bridgehead atoms. The van der Waals surface area contributed by atoms with Crippen LogP contribution in [0.5, 0.6) is 0 Å². The van der Waals surface area contributed by atoms with Crippen molar-refractivity contribution in [2.45, 2.75) is 31.6 Å². The maximum atomic E-state index is 12.0. The molecule has 1 unspecified atom stereocenters. The molecule has 5 heteroatoms. The van der Waals surface area contributed by atoms with E-state index in [1.54, 1.807) is 18.2 Å². The number of nitrogens with two attached hydrogens (primary N) is 1. The van der Waals surface area contributed by atoms with Crippen LogP contribution >= 0.6 is 0 Å². The molecule has 0 heterocycles. The first-order valence-corrected chi connectivity index (χ1v) is 7.37. The minimum atomic E-state index is -1.31. The number of nitrogens with one attached hydrogen (secondary N) is 1. The van der Waals surface area contributed by atoms with Gasteiger partial charge >= 0.3 is 0 Å². The Balaban J connectivity index is 2.54. The van der Waals surface area contributed by atoms with E-state index in [0.29, 0.717) is 17.1 Å². The zero-order chi connectivity index (χ0) is 13.5. The monoisotopic (exact) mass is 268 g/mol. The van der Waals surface area contributed by atoms with Gasteiger partial charge in [0.05, 0.1) is 10.8 Å². The van der Waals surface area contributed by atoms with Crippen LogP contribution in [0.2, 0.25) is 0 Å². The molecule has 18 heavy (non-hydrogen) atoms. The molecule has 3 N–H and O–H groups in total. The van der Waals surface area contributed by atoms with Crippen molar-refractivity contribution in [3.8, 4) is 0 Å². The van der Waals surface area contributed by atoms with Gasteiger partial charge in [0, 0.05) is 17.1 Å². The number of rotatable bonds is 6. The summed E-state index contributed by atoms with van der Waals surface area (Å²) >= 11 is 0. The molecule has 0 aliphatic rings. The largest absolute Gasteiger partial charge is 0.399 e. The second-order valence-corrected chi connectivity index (χ2v) is 5.66. The van der Waals surface area contributed by atoms with E-state index in [-0.39, 0.29) is 11.7 Å². The molecule has 1 aromatic carbocycles. The molecule has 1 aromatic rings. The van der Waals surface area contributed by atoms with Crippen LogP contribution in [-0.4, -0.2) is 22.4 Å². The Morgan fingerprint density at radius 3 is 2.78 bits per heavy atom. The van der Waals surface area contributed by atoms with Gasteiger partial charge in [-0.15, -0.1) is 0 Å². The summed E-state index contributed by atoms with van der Waals surface area (Å²) in [7, 11) is -1.31. The third-order valence-electron chi connectivity index (χ3n) is 2.62. The SMILES string of the molecule is CCCCNC(=O)CS(=O)c1ccc(N)c(C)c1. The summed E-state index contributed by atoms with van der Waals surface area (Å²) in [4.78, 5) is 12.2. The van der Waals surface area contributed by atoms with Crippen molar-refractivity contribution >= 4 is 22.4 Å². The third kappa shape index (κ3) is 4.49. The normalized spacial score (nSPS) is 12.1. The van der Waals surface area contributed by atoms with Gasteiger partial charge in [0.1, 0.15) is 5.75 Å². The van der Waals surface area contributed by atoms with Crippen molar-refractivity contribution < 1.29 is 9.00 Å². The van der Waals surface area contributed by atoms with E-state index in [1.807, 2.05) is 6.92 Å². The fourth-order valence-electron chi connectivity index (χ4n) is 1.45. The van der Waals surface area contributed by atoms with Gasteiger partial charge in [0.15, 0.2) is 0 Å². The molecular weight excluding hydrogens is 248 g/mol. The number of hydrogen-bond donors (Lipinski definition) is 2. The highest BCUT2D eigenvalue weighted by Gasteiger charge is 2.10. The van der Waals surface area contributed by atoms with E-state index in [2.05, 4.69) is 12.2 Å². The number of nitrogen functional groups attached to an aromatic ring is 1. The second-order valence-electron chi connectivity index (χ2n) is 4.21. The molecule has 0 aromatic heterocycles. The van der Waals surface area contributed by atoms with Gasteiger partial charge in [0.25, 0.3) is 0 Å². The van der Waals surface area contributed by atoms with Gasteiger partial charge in [0.2, 0.25) is 5.91 Å². The second kappa shape index (κ2) is 7.16. The summed E-state index contributed by atoms with van der Waals surface area (Å²) in [6.07, 6.45) is 1.97. The zero-order valence-corrected chi connectivity index (χ0v) is 11.7. The van der Waals surface area contributed by atoms with E-state index < -0.39 is 10.8 Å². The van der Waals surface area contributed by atoms with E-state index in [4.69, 9.17) is 5.73 Å². The van der Waals surface area contributed by atoms with Crippen molar-refractivity contribution in [2.24, 2.45) is 0 Å². The summed E-state index contributed by atoms with van der Waals surface area (Å²) < 4.78 is 12.0. The quantitative estimate of drug-likeness (QED) is 0.608. The van der Waals surface area contributed by atoms with Crippen LogP contribution in [0.25, 0.3) is 0 Å². The van der Waals surface area contributed by atoms with Gasteiger partial charge in [-0.25, -0.2) is 0 Å². The number of anilines is 1. The summed E-state index contributed by atoms with van der Waals surface area (Å²) in [5, 5.41) is 2.75. The fraction of sp³-hybridized carbons (Fsp3) is 0.462. The molecule has 0 radical (unpaired) electrons. The molecule has 0 saturated carbocycles. The van der Waals surface area contributed by atoms with Gasteiger partial charge in [-0.3, -0.25) is 9.00 Å². The molecule has 0 fully saturated rings. The van der Waals surface area contributed by atoms with E-state index in [1.165, 1.54) is 0 Å². The van der Waals surface area contributed by atoms with Crippen molar-refractivity contribution in [1.82, 2.24) is 5.32 Å². The lowest BCUT2D eigenvalue weighted by Gasteiger charge is -2.06. The highest BCUT2D eigenvalue weighted by atomic mass is 32.2. The van der Waals surface area contributed by atoms with Crippen LogP contribution in [0.1, 0.15) is 25.3 Å². The number of hydrogen-bond acceptors (Lipinski definition) is 3. The average molecular weight is 268 g/mol. The molecule has 0 saturated heterocycles. The van der Waals surface area contributed by atoms with Crippen molar-refractivity contribution in [3.05, 3.63) is 23.8 Å². The standard InChI is InChI=1S/C13H20N2O2S/c1-3-4-7-15-13(16)9-18(17)11-5-6-12(14)10(2)8-11/h5-6,8H,3-4,7,9,14H2,1-2H3,(H,15,16). The number of amides is 1. The highest BCUT2D eigenvalue weighted by molar-refractivity contribution is 7.85. The fourth-order valence-corrected chi connectivity index (χ4v) is 2.48. The van der Waals surface area contributed by atoms with Crippen molar-refractivity contribution in [3.63, 3.8) is 0 Å². The Hall–Kier alpha value is -1.36. The van der Waals surface area contributed by atoms with Gasteiger partial charge < -0.3 is 11.1 Å². The first-order valence-electron chi connectivity index (χ1n) is 6.05. The lowest BCUT2D eigenvalue weighted by Crippen LogP contribution is -2.29. The van der Waals surface area contributed by atoms with E-state index in [9.17, 15) is 9.00 Å². The Kier molecular flexibility index (Phi) is 5.85. The predicted molar refractivity (Wildman–Crippen MR) is 74.8 cm³/mol. The third-order valence-corrected chi connectivity index (χ3v) is 3.92. The Morgan fingerprint density at radius 1 is 1.44 bits per heavy atom. The number of carbonyl (C=O) groups excluding carboxylic acids is 1. The summed E-state index contributed by atoms with van der Waals surface area (Å²) in [6, 6.07) is 5.19. The van der Waals surface area contributed by atoms with Crippen LogP contribution in [-0.2, 0) is 15.6 Å². The van der Waals surface area contributed by atoms with Crippen molar-refractivity contribution in [1.29, 1.82) is 0 Å². The lowest BCUT2D eigenvalue weighted by molar-refractivity contribution is -0.118. The Morgan fingerprint density at radius 2 is 2.17 bits per heavy atom. The summed E-state index contributed by atoms with van der Waals surface area (Å²) in [5.74, 6) is -0.163. The molecule has 1 atom stereocenters. The molecule has 100 valence electrons. The van der Waals surface area contributed by atoms with Gasteiger partial charge in [-0.05, 0) is 37.1 Å². The first kappa shape index (κ1) is 14.7. The Bertz CT molecular complexity index is 447. The lowest BCUT2D eigenvalue weighted by atomic mass is 10.2. The smallest absolute Gasteiger partial charge is 0.232 e. The van der Waals surface area contributed by atoms with Gasteiger partial charge in [-0.2, -0.15) is 0 Å². The molecule has 4 nitrogen and oxygen atoms in total. The maximum Gasteiger partial charge on any atom is 0.232 e. The van der Waals surface area contributed by atoms with Crippen LogP contribution in [0.3, 0.4) is 0 Å². The van der Waals surface area contributed by atoms with Crippen LogP contribution in [0.4, 0.5) is 5.69 Å². The number of benzene rings is 1. The minimum Gasteiger partial charge on any atom is -0.399 e. The first-order chi connectivity index (χ1) is 8.54. The molecule has 1 amide bonds. The van der Waals surface area contributed by atoms with Gasteiger partial charge in [-0.1, -0.05) is 13.3 Å². The van der Waals surface area contributed by atoms with Crippen LogP contribution < -0.4 is 11.1 Å². The number of aryl methyl sites for hydroxylation is 1. The van der Waals surface area contributed by atoms with Crippen LogP contribution in [0, 0.1) is 6.92 Å². The zero-order valence-electron chi connectivity index (χ0n) is 10.9. The number of unbranched alkanes of at least 4 members (excludes halogenated alkanes) is 1. The number of carbonyl (C=O) groups is 1. The topological polar surface area (TPSA) is 72.2 Å². The maximum absolute atomic E-state index is 12.0. The Labute approximate surface area is 110 Å². The molecular formula is C13H20N2O2S. The molecule has 0 aliphatic heterocycles. The van der Waals surface area contributed by atoms with Crippen LogP contribution in [0.15, 0.2) is 23.1 Å². The molecule has 0 aliphatic carbocycles. The predicted octanol–water partition coefficient (Wildman–Crippen LogP) is 1.60. The average Bonchev–Trinajstić information content (AvgIpc) is 2.33. The highest BCUT2D eigenvalue weighted by Crippen LogP contribution is 2.15. The summed E-state index contributed by atoms with van der Waals surface area (Å²) in [5.41, 5.74) is 7.24.